The lowest BCUT2D eigenvalue weighted by atomic mass is 9.91. The molecule has 1 amide bonds. The summed E-state index contributed by atoms with van der Waals surface area (Å²) in [5, 5.41) is 5.11. The van der Waals surface area contributed by atoms with E-state index in [0.29, 0.717) is 13.0 Å². The first-order chi connectivity index (χ1) is 11.2. The molecule has 0 aromatic carbocycles. The highest BCUT2D eigenvalue weighted by atomic mass is 32.1. The van der Waals surface area contributed by atoms with E-state index in [1.54, 1.807) is 28.0 Å². The lowest BCUT2D eigenvalue weighted by molar-refractivity contribution is -0.121. The van der Waals surface area contributed by atoms with Crippen LogP contribution in [-0.4, -0.2) is 16.5 Å². The van der Waals surface area contributed by atoms with Crippen LogP contribution in [0.25, 0.3) is 0 Å². The number of hydrogen-bond acceptors (Lipinski definition) is 3. The molecular formula is C18H20N2O2S. The quantitative estimate of drug-likeness (QED) is 0.856. The van der Waals surface area contributed by atoms with E-state index in [-0.39, 0.29) is 17.5 Å². The van der Waals surface area contributed by atoms with Crippen molar-refractivity contribution in [2.45, 2.75) is 38.3 Å². The minimum atomic E-state index is 0.0174. The Kier molecular flexibility index (Phi) is 4.76. The summed E-state index contributed by atoms with van der Waals surface area (Å²) >= 11 is 1.60. The molecule has 0 fully saturated rings. The predicted molar refractivity (Wildman–Crippen MR) is 92.9 cm³/mol. The largest absolute Gasteiger partial charge is 0.353 e. The van der Waals surface area contributed by atoms with E-state index in [1.807, 2.05) is 23.6 Å². The minimum Gasteiger partial charge on any atom is -0.353 e. The van der Waals surface area contributed by atoms with E-state index >= 15 is 0 Å². The molecule has 4 nitrogen and oxygen atoms in total. The van der Waals surface area contributed by atoms with Gasteiger partial charge in [0.25, 0.3) is 5.56 Å². The van der Waals surface area contributed by atoms with Crippen LogP contribution in [0.1, 0.15) is 22.6 Å². The fourth-order valence-electron chi connectivity index (χ4n) is 3.13. The molecule has 0 unspecified atom stereocenters. The molecule has 2 heterocycles. The Balaban J connectivity index is 1.68. The Bertz CT molecular complexity index is 762. The molecule has 0 saturated heterocycles. The molecule has 23 heavy (non-hydrogen) atoms. The molecule has 0 radical (unpaired) electrons. The van der Waals surface area contributed by atoms with Crippen molar-refractivity contribution in [3.63, 3.8) is 0 Å². The molecule has 0 spiro atoms. The molecule has 2 aromatic rings. The third kappa shape index (κ3) is 3.62. The Labute approximate surface area is 139 Å². The monoisotopic (exact) mass is 328 g/mol. The lowest BCUT2D eigenvalue weighted by Crippen LogP contribution is -2.41. The van der Waals surface area contributed by atoms with Gasteiger partial charge < -0.3 is 9.88 Å². The van der Waals surface area contributed by atoms with E-state index in [4.69, 9.17) is 0 Å². The molecule has 1 N–H and O–H groups in total. The maximum Gasteiger partial charge on any atom is 0.251 e. The van der Waals surface area contributed by atoms with Gasteiger partial charge in [0.05, 0.1) is 6.42 Å². The van der Waals surface area contributed by atoms with Gasteiger partial charge in [-0.3, -0.25) is 9.59 Å². The number of rotatable bonds is 5. The van der Waals surface area contributed by atoms with Crippen LogP contribution in [0, 0.1) is 0 Å². The van der Waals surface area contributed by atoms with Gasteiger partial charge in [-0.25, -0.2) is 0 Å². The number of carbonyl (C=O) groups excluding carboxylic acids is 1. The second-order valence-corrected chi connectivity index (χ2v) is 6.84. The van der Waals surface area contributed by atoms with Crippen molar-refractivity contribution < 1.29 is 4.79 Å². The molecule has 2 aromatic heterocycles. The molecule has 1 aliphatic rings. The van der Waals surface area contributed by atoms with Crippen LogP contribution in [-0.2, 0) is 30.6 Å². The number of fused-ring (bicyclic) bond motifs is 1. The molecular weight excluding hydrogens is 308 g/mol. The molecule has 1 atom stereocenters. The number of aromatic nitrogens is 1. The Morgan fingerprint density at radius 2 is 2.30 bits per heavy atom. The van der Waals surface area contributed by atoms with Crippen LogP contribution in [0.5, 0.6) is 0 Å². The SMILES string of the molecule is C=CCn1c2c(ccc1=O)C[C@H](NC(=O)Cc1cccs1)CC2. The van der Waals surface area contributed by atoms with Gasteiger partial charge in [-0.05, 0) is 36.3 Å². The maximum atomic E-state index is 12.1. The van der Waals surface area contributed by atoms with Crippen molar-refractivity contribution >= 4 is 17.2 Å². The van der Waals surface area contributed by atoms with Gasteiger partial charge in [-0.2, -0.15) is 0 Å². The normalized spacial score (nSPS) is 16.6. The second kappa shape index (κ2) is 6.96. The Morgan fingerprint density at radius 3 is 3.04 bits per heavy atom. The van der Waals surface area contributed by atoms with E-state index in [0.717, 1.165) is 35.4 Å². The standard InChI is InChI=1S/C18H20N2O2S/c1-2-9-20-16-7-6-14(11-13(16)5-8-18(20)22)19-17(21)12-15-4-3-10-23-15/h2-5,8,10,14H,1,6-7,9,11-12H2,(H,19,21)/t14-/m1/s1. The number of hydrogen-bond donors (Lipinski definition) is 1. The van der Waals surface area contributed by atoms with Gasteiger partial charge in [-0.1, -0.05) is 18.2 Å². The first-order valence-electron chi connectivity index (χ1n) is 7.81. The molecule has 0 aliphatic heterocycles. The summed E-state index contributed by atoms with van der Waals surface area (Å²) in [4.78, 5) is 25.2. The number of nitrogens with zero attached hydrogens (tertiary/aromatic N) is 1. The van der Waals surface area contributed by atoms with Crippen LogP contribution in [0.2, 0.25) is 0 Å². The van der Waals surface area contributed by atoms with Crippen molar-refractivity contribution in [1.82, 2.24) is 9.88 Å². The van der Waals surface area contributed by atoms with Crippen LogP contribution in [0.3, 0.4) is 0 Å². The molecule has 1 aliphatic carbocycles. The average Bonchev–Trinajstić information content (AvgIpc) is 3.03. The van der Waals surface area contributed by atoms with Gasteiger partial charge in [0, 0.05) is 29.2 Å². The third-order valence-corrected chi connectivity index (χ3v) is 5.05. The van der Waals surface area contributed by atoms with Gasteiger partial charge in [-0.15, -0.1) is 17.9 Å². The van der Waals surface area contributed by atoms with Crippen LogP contribution < -0.4 is 10.9 Å². The highest BCUT2D eigenvalue weighted by Gasteiger charge is 2.22. The van der Waals surface area contributed by atoms with Crippen molar-refractivity contribution in [3.05, 3.63) is 68.8 Å². The first kappa shape index (κ1) is 15.7. The summed E-state index contributed by atoms with van der Waals surface area (Å²) in [7, 11) is 0. The van der Waals surface area contributed by atoms with Gasteiger partial charge in [0.1, 0.15) is 0 Å². The van der Waals surface area contributed by atoms with Crippen LogP contribution in [0.4, 0.5) is 0 Å². The number of carbonyl (C=O) groups is 1. The fourth-order valence-corrected chi connectivity index (χ4v) is 3.83. The Hall–Kier alpha value is -2.14. The minimum absolute atomic E-state index is 0.0174. The average molecular weight is 328 g/mol. The number of allylic oxidation sites excluding steroid dienone is 1. The molecule has 5 heteroatoms. The number of amides is 1. The predicted octanol–water partition coefficient (Wildman–Crippen LogP) is 2.31. The zero-order chi connectivity index (χ0) is 16.2. The zero-order valence-corrected chi connectivity index (χ0v) is 13.8. The molecule has 120 valence electrons. The molecule has 0 saturated carbocycles. The summed E-state index contributed by atoms with van der Waals surface area (Å²) in [5.41, 5.74) is 2.25. The van der Waals surface area contributed by atoms with Crippen molar-refractivity contribution in [2.75, 3.05) is 0 Å². The maximum absolute atomic E-state index is 12.1. The van der Waals surface area contributed by atoms with Crippen LogP contribution >= 0.6 is 11.3 Å². The number of nitrogens with one attached hydrogen (secondary N) is 1. The molecule has 3 rings (SSSR count). The van der Waals surface area contributed by atoms with Crippen molar-refractivity contribution in [2.24, 2.45) is 0 Å². The van der Waals surface area contributed by atoms with E-state index in [2.05, 4.69) is 11.9 Å². The van der Waals surface area contributed by atoms with Crippen molar-refractivity contribution in [3.8, 4) is 0 Å². The van der Waals surface area contributed by atoms with Gasteiger partial charge >= 0.3 is 0 Å². The Morgan fingerprint density at radius 1 is 1.43 bits per heavy atom. The van der Waals surface area contributed by atoms with Gasteiger partial charge in [0.2, 0.25) is 5.91 Å². The highest BCUT2D eigenvalue weighted by Crippen LogP contribution is 2.20. The highest BCUT2D eigenvalue weighted by molar-refractivity contribution is 7.10. The second-order valence-electron chi connectivity index (χ2n) is 5.81. The van der Waals surface area contributed by atoms with Crippen LogP contribution in [0.15, 0.2) is 47.1 Å². The van der Waals surface area contributed by atoms with E-state index in [9.17, 15) is 9.59 Å². The summed E-state index contributed by atoms with van der Waals surface area (Å²) < 4.78 is 1.78. The summed E-state index contributed by atoms with van der Waals surface area (Å²) in [5.74, 6) is 0.0697. The number of pyridine rings is 1. The van der Waals surface area contributed by atoms with E-state index < -0.39 is 0 Å². The topological polar surface area (TPSA) is 51.1 Å². The summed E-state index contributed by atoms with van der Waals surface area (Å²) in [6.07, 6.45) is 4.64. The smallest absolute Gasteiger partial charge is 0.251 e. The number of thiophene rings is 1. The van der Waals surface area contributed by atoms with E-state index in [1.165, 1.54) is 0 Å². The summed E-state index contributed by atoms with van der Waals surface area (Å²) in [6.45, 7) is 4.26. The fraction of sp³-hybridized carbons (Fsp3) is 0.333. The van der Waals surface area contributed by atoms with Gasteiger partial charge in [0.15, 0.2) is 0 Å². The zero-order valence-electron chi connectivity index (χ0n) is 13.0. The first-order valence-corrected chi connectivity index (χ1v) is 8.69. The lowest BCUT2D eigenvalue weighted by Gasteiger charge is -2.27. The van der Waals surface area contributed by atoms with Crippen molar-refractivity contribution in [1.29, 1.82) is 0 Å². The summed E-state index contributed by atoms with van der Waals surface area (Å²) in [6, 6.07) is 7.59. The molecule has 0 bridgehead atoms. The third-order valence-electron chi connectivity index (χ3n) is 4.18.